The van der Waals surface area contributed by atoms with Crippen molar-refractivity contribution in [2.75, 3.05) is 37.7 Å². The summed E-state index contributed by atoms with van der Waals surface area (Å²) in [6.07, 6.45) is 1.34. The van der Waals surface area contributed by atoms with E-state index in [1.54, 1.807) is 21.1 Å². The first kappa shape index (κ1) is 26.1. The van der Waals surface area contributed by atoms with Crippen molar-refractivity contribution >= 4 is 29.2 Å². The van der Waals surface area contributed by atoms with Crippen molar-refractivity contribution < 1.29 is 23.8 Å². The summed E-state index contributed by atoms with van der Waals surface area (Å²) in [4.78, 5) is 30.6. The van der Waals surface area contributed by atoms with Gasteiger partial charge in [-0.2, -0.15) is 0 Å². The van der Waals surface area contributed by atoms with Gasteiger partial charge in [0.2, 0.25) is 0 Å². The van der Waals surface area contributed by atoms with Gasteiger partial charge in [-0.25, -0.2) is 9.59 Å². The molecule has 0 bridgehead atoms. The number of rotatable bonds is 4. The number of benzene rings is 2. The Kier molecular flexibility index (Phi) is 7.61. The highest BCUT2D eigenvalue weighted by molar-refractivity contribution is 7.13. The minimum Gasteiger partial charge on any atom is -0.489 e. The second-order valence-electron chi connectivity index (χ2n) is 10.5. The van der Waals surface area contributed by atoms with Crippen molar-refractivity contribution in [3.05, 3.63) is 70.6 Å². The summed E-state index contributed by atoms with van der Waals surface area (Å²) < 4.78 is 17.6. The normalized spacial score (nSPS) is 15.1. The van der Waals surface area contributed by atoms with Gasteiger partial charge in [0.1, 0.15) is 12.2 Å². The minimum absolute atomic E-state index is 0.299. The van der Waals surface area contributed by atoms with E-state index in [9.17, 15) is 9.59 Å². The number of hydrogen-bond donors (Lipinski definition) is 0. The van der Waals surface area contributed by atoms with E-state index in [1.807, 2.05) is 62.5 Å². The molecule has 3 aromatic rings. The summed E-state index contributed by atoms with van der Waals surface area (Å²) in [7, 11) is 0. The van der Waals surface area contributed by atoms with Crippen LogP contribution in [0.15, 0.2) is 53.9 Å². The Morgan fingerprint density at radius 3 is 2.53 bits per heavy atom. The third-order valence-corrected chi connectivity index (χ3v) is 7.58. The molecular weight excluding hydrogens is 500 g/mol. The molecule has 0 N–H and O–H groups in total. The van der Waals surface area contributed by atoms with Gasteiger partial charge >= 0.3 is 12.2 Å². The quantitative estimate of drug-likeness (QED) is 0.391. The van der Waals surface area contributed by atoms with E-state index in [2.05, 4.69) is 12.1 Å². The zero-order valence-electron chi connectivity index (χ0n) is 22.2. The zero-order valence-corrected chi connectivity index (χ0v) is 23.0. The van der Waals surface area contributed by atoms with Crippen LogP contribution in [0.1, 0.15) is 37.5 Å². The van der Waals surface area contributed by atoms with E-state index in [0.717, 1.165) is 32.8 Å². The summed E-state index contributed by atoms with van der Waals surface area (Å²) in [5.74, 6) is 0.711. The average Bonchev–Trinajstić information content (AvgIpc) is 3.33. The Balaban J connectivity index is 1.42. The van der Waals surface area contributed by atoms with Gasteiger partial charge in [0.15, 0.2) is 5.75 Å². The second-order valence-corrected chi connectivity index (χ2v) is 11.5. The number of hydrogen-bond acceptors (Lipinski definition) is 6. The number of ether oxygens (including phenoxy) is 3. The van der Waals surface area contributed by atoms with Gasteiger partial charge in [0.05, 0.1) is 18.8 Å². The molecule has 38 heavy (non-hydrogen) atoms. The number of thiophene rings is 1. The molecule has 2 aliphatic rings. The van der Waals surface area contributed by atoms with Crippen LogP contribution in [0.3, 0.4) is 0 Å². The fourth-order valence-electron chi connectivity index (χ4n) is 4.93. The van der Waals surface area contributed by atoms with Gasteiger partial charge in [-0.3, -0.25) is 4.90 Å². The maximum atomic E-state index is 13.2. The van der Waals surface area contributed by atoms with Gasteiger partial charge in [-0.15, -0.1) is 11.3 Å². The number of fused-ring (bicyclic) bond motifs is 2. The summed E-state index contributed by atoms with van der Waals surface area (Å²) >= 11 is 1.64. The smallest absolute Gasteiger partial charge is 0.414 e. The van der Waals surface area contributed by atoms with Crippen molar-refractivity contribution in [2.45, 2.75) is 45.6 Å². The van der Waals surface area contributed by atoms with Crippen molar-refractivity contribution in [1.29, 1.82) is 0 Å². The zero-order chi connectivity index (χ0) is 26.7. The molecule has 0 spiro atoms. The molecule has 7 nitrogen and oxygen atoms in total. The van der Waals surface area contributed by atoms with E-state index in [4.69, 9.17) is 14.2 Å². The molecule has 0 aliphatic carbocycles. The van der Waals surface area contributed by atoms with Gasteiger partial charge in [-0.05, 0) is 67.8 Å². The molecule has 0 saturated carbocycles. The maximum absolute atomic E-state index is 13.2. The van der Waals surface area contributed by atoms with E-state index >= 15 is 0 Å². The van der Waals surface area contributed by atoms with E-state index < -0.39 is 5.60 Å². The van der Waals surface area contributed by atoms with Gasteiger partial charge in [0.25, 0.3) is 0 Å². The number of carbonyl (C=O) groups is 2. The molecule has 2 amide bonds. The lowest BCUT2D eigenvalue weighted by molar-refractivity contribution is 0.0258. The number of carbonyl (C=O) groups excluding carboxylic acids is 2. The van der Waals surface area contributed by atoms with E-state index in [1.165, 1.54) is 0 Å². The Morgan fingerprint density at radius 2 is 1.79 bits per heavy atom. The topological polar surface area (TPSA) is 68.3 Å². The largest absolute Gasteiger partial charge is 0.489 e. The molecule has 1 aromatic heterocycles. The minimum atomic E-state index is -0.549. The van der Waals surface area contributed by atoms with Crippen molar-refractivity contribution in [2.24, 2.45) is 0 Å². The standard InChI is InChI=1S/C30H34N2O5S/c1-30(2,3)37-28(33)31-14-11-22-20-24-27(26(23(22)12-15-31)25-10-7-19-38-25)35-18-16-32(24)29(34)36-17-13-21-8-5-4-6-9-21/h4-10,19-20H,11-18H2,1-3H3. The van der Waals surface area contributed by atoms with Crippen LogP contribution in [0.4, 0.5) is 15.3 Å². The van der Waals surface area contributed by atoms with Crippen LogP contribution in [0, 0.1) is 0 Å². The van der Waals surface area contributed by atoms with Crippen LogP contribution >= 0.6 is 11.3 Å². The highest BCUT2D eigenvalue weighted by Gasteiger charge is 2.33. The average molecular weight is 535 g/mol. The number of nitrogens with zero attached hydrogens (tertiary/aromatic N) is 2. The van der Waals surface area contributed by atoms with Crippen molar-refractivity contribution in [3.63, 3.8) is 0 Å². The molecule has 0 atom stereocenters. The number of amides is 2. The predicted molar refractivity (Wildman–Crippen MR) is 149 cm³/mol. The maximum Gasteiger partial charge on any atom is 0.414 e. The molecular formula is C30H34N2O5S. The second kappa shape index (κ2) is 11.1. The molecule has 200 valence electrons. The first-order valence-corrected chi connectivity index (χ1v) is 14.0. The molecule has 2 aliphatic heterocycles. The molecule has 2 aromatic carbocycles. The van der Waals surface area contributed by atoms with Crippen LogP contribution in [0.5, 0.6) is 5.75 Å². The molecule has 5 rings (SSSR count). The van der Waals surface area contributed by atoms with Crippen molar-refractivity contribution in [1.82, 2.24) is 4.90 Å². The SMILES string of the molecule is CC(C)(C)OC(=O)N1CCc2cc3c(c(-c4cccs4)c2CC1)OCCN3C(=O)OCCc1ccccc1. The molecule has 3 heterocycles. The molecule has 0 fully saturated rings. The summed E-state index contributed by atoms with van der Waals surface area (Å²) in [5.41, 5.74) is 4.60. The summed E-state index contributed by atoms with van der Waals surface area (Å²) in [5, 5.41) is 2.04. The fraction of sp³-hybridized carbons (Fsp3) is 0.400. The molecule has 0 unspecified atom stereocenters. The van der Waals surface area contributed by atoms with Gasteiger partial charge in [0, 0.05) is 30.0 Å². The van der Waals surface area contributed by atoms with Crippen LogP contribution in [0.25, 0.3) is 10.4 Å². The Morgan fingerprint density at radius 1 is 1.00 bits per heavy atom. The third kappa shape index (κ3) is 5.80. The lowest BCUT2D eigenvalue weighted by Crippen LogP contribution is -2.39. The lowest BCUT2D eigenvalue weighted by atomic mass is 9.93. The Bertz CT molecular complexity index is 1280. The van der Waals surface area contributed by atoms with E-state index in [-0.39, 0.29) is 12.2 Å². The van der Waals surface area contributed by atoms with Crippen LogP contribution in [-0.4, -0.2) is 55.5 Å². The van der Waals surface area contributed by atoms with Gasteiger partial charge < -0.3 is 19.1 Å². The Hall–Kier alpha value is -3.52. The highest BCUT2D eigenvalue weighted by atomic mass is 32.1. The monoisotopic (exact) mass is 534 g/mol. The first-order valence-electron chi connectivity index (χ1n) is 13.1. The predicted octanol–water partition coefficient (Wildman–Crippen LogP) is 6.33. The summed E-state index contributed by atoms with van der Waals surface area (Å²) in [6.45, 7) is 7.87. The highest BCUT2D eigenvalue weighted by Crippen LogP contribution is 2.47. The number of anilines is 1. The Labute approximate surface area is 227 Å². The van der Waals surface area contributed by atoms with Crippen LogP contribution < -0.4 is 9.64 Å². The van der Waals surface area contributed by atoms with Crippen LogP contribution in [-0.2, 0) is 28.7 Å². The van der Waals surface area contributed by atoms with Crippen LogP contribution in [0.2, 0.25) is 0 Å². The first-order chi connectivity index (χ1) is 18.3. The third-order valence-electron chi connectivity index (χ3n) is 6.69. The van der Waals surface area contributed by atoms with E-state index in [0.29, 0.717) is 57.9 Å². The van der Waals surface area contributed by atoms with Gasteiger partial charge in [-0.1, -0.05) is 36.4 Å². The summed E-state index contributed by atoms with van der Waals surface area (Å²) in [6, 6.07) is 16.2. The lowest BCUT2D eigenvalue weighted by Gasteiger charge is -2.32. The molecule has 0 radical (unpaired) electrons. The van der Waals surface area contributed by atoms with Crippen molar-refractivity contribution in [3.8, 4) is 16.2 Å². The molecule has 8 heteroatoms. The fourth-order valence-corrected chi connectivity index (χ4v) is 5.73. The molecule has 0 saturated heterocycles.